The summed E-state index contributed by atoms with van der Waals surface area (Å²) < 4.78 is 0. The van der Waals surface area contributed by atoms with E-state index in [9.17, 15) is 9.59 Å². The van der Waals surface area contributed by atoms with Gasteiger partial charge in [0.1, 0.15) is 11.9 Å². The molecule has 1 fully saturated rings. The van der Waals surface area contributed by atoms with Crippen molar-refractivity contribution in [2.24, 2.45) is 0 Å². The number of carbonyl (C=O) groups is 2. The van der Waals surface area contributed by atoms with Gasteiger partial charge in [-0.3, -0.25) is 14.5 Å². The van der Waals surface area contributed by atoms with E-state index in [4.69, 9.17) is 0 Å². The van der Waals surface area contributed by atoms with E-state index in [0.29, 0.717) is 19.6 Å². The second-order valence-corrected chi connectivity index (χ2v) is 4.61. The van der Waals surface area contributed by atoms with E-state index in [1.807, 2.05) is 0 Å². The van der Waals surface area contributed by atoms with Crippen LogP contribution in [-0.4, -0.2) is 64.3 Å². The molecule has 7 nitrogen and oxygen atoms in total. The highest BCUT2D eigenvalue weighted by atomic mass is 16.2. The number of imidazole rings is 1. The van der Waals surface area contributed by atoms with Crippen LogP contribution in [0.2, 0.25) is 0 Å². The van der Waals surface area contributed by atoms with Crippen molar-refractivity contribution >= 4 is 11.8 Å². The fourth-order valence-corrected chi connectivity index (χ4v) is 2.35. The minimum atomic E-state index is -0.425. The molecule has 2 amide bonds. The zero-order chi connectivity index (χ0) is 13.8. The molecule has 2 rings (SSSR count). The predicted molar refractivity (Wildman–Crippen MR) is 69.1 cm³/mol. The predicted octanol–water partition coefficient (Wildman–Crippen LogP) is -0.812. The summed E-state index contributed by atoms with van der Waals surface area (Å²) in [6, 6.07) is -0.425. The van der Waals surface area contributed by atoms with Gasteiger partial charge in [-0.2, -0.15) is 0 Å². The lowest BCUT2D eigenvalue weighted by atomic mass is 10.1. The first-order chi connectivity index (χ1) is 9.11. The van der Waals surface area contributed by atoms with Crippen molar-refractivity contribution in [3.63, 3.8) is 0 Å². The standard InChI is InChI=1S/C12H19N5O2/c1-9(18)17-6-5-16(7-10(17)12(19)13-2)8-11-14-3-4-15-11/h3-4,10H,5-8H2,1-2H3,(H,13,19)(H,14,15). The van der Waals surface area contributed by atoms with E-state index >= 15 is 0 Å². The van der Waals surface area contributed by atoms with Crippen molar-refractivity contribution in [2.45, 2.75) is 19.5 Å². The molecule has 1 saturated heterocycles. The van der Waals surface area contributed by atoms with Gasteiger partial charge in [0.15, 0.2) is 0 Å². The van der Waals surface area contributed by atoms with Crippen LogP contribution >= 0.6 is 0 Å². The lowest BCUT2D eigenvalue weighted by Gasteiger charge is -2.39. The Balaban J connectivity index is 2.03. The number of carbonyl (C=O) groups excluding carboxylic acids is 2. The van der Waals surface area contributed by atoms with Gasteiger partial charge in [-0.1, -0.05) is 0 Å². The number of hydrogen-bond donors (Lipinski definition) is 2. The molecule has 0 aromatic carbocycles. The number of aromatic nitrogens is 2. The summed E-state index contributed by atoms with van der Waals surface area (Å²) in [5.74, 6) is 0.678. The fourth-order valence-electron chi connectivity index (χ4n) is 2.35. The monoisotopic (exact) mass is 265 g/mol. The Morgan fingerprint density at radius 1 is 1.53 bits per heavy atom. The normalized spacial score (nSPS) is 20.3. The zero-order valence-corrected chi connectivity index (χ0v) is 11.2. The average Bonchev–Trinajstić information content (AvgIpc) is 2.90. The lowest BCUT2D eigenvalue weighted by molar-refractivity contribution is -0.142. The minimum absolute atomic E-state index is 0.0637. The quantitative estimate of drug-likeness (QED) is 0.749. The van der Waals surface area contributed by atoms with Crippen LogP contribution in [0, 0.1) is 0 Å². The molecule has 0 saturated carbocycles. The smallest absolute Gasteiger partial charge is 0.243 e. The molecule has 0 radical (unpaired) electrons. The van der Waals surface area contributed by atoms with Gasteiger partial charge in [0.25, 0.3) is 0 Å². The highest BCUT2D eigenvalue weighted by molar-refractivity contribution is 5.87. The van der Waals surface area contributed by atoms with E-state index in [1.54, 1.807) is 24.3 Å². The number of piperazine rings is 1. The maximum atomic E-state index is 11.9. The molecule has 1 aromatic rings. The van der Waals surface area contributed by atoms with Crippen LogP contribution in [-0.2, 0) is 16.1 Å². The Hall–Kier alpha value is -1.89. The Morgan fingerprint density at radius 2 is 2.32 bits per heavy atom. The summed E-state index contributed by atoms with van der Waals surface area (Å²) in [6.07, 6.45) is 3.48. The SMILES string of the molecule is CNC(=O)C1CN(Cc2ncc[nH]2)CCN1C(C)=O. The van der Waals surface area contributed by atoms with Crippen LogP contribution in [0.3, 0.4) is 0 Å². The van der Waals surface area contributed by atoms with Crippen LogP contribution in [0.25, 0.3) is 0 Å². The molecule has 7 heteroatoms. The third kappa shape index (κ3) is 3.11. The molecule has 1 unspecified atom stereocenters. The summed E-state index contributed by atoms with van der Waals surface area (Å²) >= 11 is 0. The van der Waals surface area contributed by atoms with E-state index in [0.717, 1.165) is 12.4 Å². The van der Waals surface area contributed by atoms with E-state index in [1.165, 1.54) is 6.92 Å². The van der Waals surface area contributed by atoms with E-state index in [2.05, 4.69) is 20.2 Å². The highest BCUT2D eigenvalue weighted by Gasteiger charge is 2.33. The maximum absolute atomic E-state index is 11.9. The van der Waals surface area contributed by atoms with Gasteiger partial charge in [-0.15, -0.1) is 0 Å². The Kier molecular flexibility index (Phi) is 4.16. The number of rotatable bonds is 3. The van der Waals surface area contributed by atoms with Crippen molar-refractivity contribution in [1.29, 1.82) is 0 Å². The van der Waals surface area contributed by atoms with Crippen molar-refractivity contribution in [3.8, 4) is 0 Å². The average molecular weight is 265 g/mol. The molecule has 2 N–H and O–H groups in total. The Morgan fingerprint density at radius 3 is 2.89 bits per heavy atom. The lowest BCUT2D eigenvalue weighted by Crippen LogP contribution is -2.59. The van der Waals surface area contributed by atoms with Gasteiger partial charge in [0, 0.05) is 46.0 Å². The summed E-state index contributed by atoms with van der Waals surface area (Å²) in [5, 5.41) is 2.62. The highest BCUT2D eigenvalue weighted by Crippen LogP contribution is 2.12. The maximum Gasteiger partial charge on any atom is 0.243 e. The van der Waals surface area contributed by atoms with Crippen LogP contribution in [0.1, 0.15) is 12.7 Å². The summed E-state index contributed by atoms with van der Waals surface area (Å²) in [7, 11) is 1.59. The molecule has 0 bridgehead atoms. The zero-order valence-electron chi connectivity index (χ0n) is 11.2. The Labute approximate surface area is 112 Å². The molecule has 2 heterocycles. The molecular formula is C12H19N5O2. The van der Waals surface area contributed by atoms with E-state index in [-0.39, 0.29) is 11.8 Å². The van der Waals surface area contributed by atoms with E-state index < -0.39 is 6.04 Å². The van der Waals surface area contributed by atoms with Gasteiger partial charge in [0.2, 0.25) is 11.8 Å². The molecule has 1 atom stereocenters. The molecule has 104 valence electrons. The van der Waals surface area contributed by atoms with Gasteiger partial charge < -0.3 is 15.2 Å². The van der Waals surface area contributed by atoms with Gasteiger partial charge in [-0.25, -0.2) is 4.98 Å². The van der Waals surface area contributed by atoms with Gasteiger partial charge in [0.05, 0.1) is 6.54 Å². The summed E-state index contributed by atoms with van der Waals surface area (Å²) in [4.78, 5) is 34.4. The number of hydrogen-bond acceptors (Lipinski definition) is 4. The number of nitrogens with one attached hydrogen (secondary N) is 2. The molecular weight excluding hydrogens is 246 g/mol. The van der Waals surface area contributed by atoms with Crippen LogP contribution in [0.15, 0.2) is 12.4 Å². The first-order valence-electron chi connectivity index (χ1n) is 6.31. The van der Waals surface area contributed by atoms with Crippen molar-refractivity contribution in [1.82, 2.24) is 25.1 Å². The molecule has 19 heavy (non-hydrogen) atoms. The van der Waals surface area contributed by atoms with Crippen LogP contribution in [0.4, 0.5) is 0 Å². The second kappa shape index (κ2) is 5.83. The molecule has 1 aromatic heterocycles. The first kappa shape index (κ1) is 13.5. The third-order valence-electron chi connectivity index (χ3n) is 3.35. The summed E-state index contributed by atoms with van der Waals surface area (Å²) in [5.41, 5.74) is 0. The summed E-state index contributed by atoms with van der Waals surface area (Å²) in [6.45, 7) is 3.99. The third-order valence-corrected chi connectivity index (χ3v) is 3.35. The molecule has 1 aliphatic rings. The van der Waals surface area contributed by atoms with Gasteiger partial charge in [-0.05, 0) is 0 Å². The molecule has 0 aliphatic carbocycles. The molecule has 1 aliphatic heterocycles. The van der Waals surface area contributed by atoms with Crippen molar-refractivity contribution in [2.75, 3.05) is 26.7 Å². The number of likely N-dealkylation sites (N-methyl/N-ethyl adjacent to an activating group) is 1. The molecule has 0 spiro atoms. The number of nitrogens with zero attached hydrogens (tertiary/aromatic N) is 3. The van der Waals surface area contributed by atoms with Crippen LogP contribution in [0.5, 0.6) is 0 Å². The first-order valence-corrected chi connectivity index (χ1v) is 6.31. The van der Waals surface area contributed by atoms with Crippen LogP contribution < -0.4 is 5.32 Å². The fraction of sp³-hybridized carbons (Fsp3) is 0.583. The van der Waals surface area contributed by atoms with Crippen molar-refractivity contribution in [3.05, 3.63) is 18.2 Å². The number of aromatic amines is 1. The minimum Gasteiger partial charge on any atom is -0.357 e. The van der Waals surface area contributed by atoms with Crippen molar-refractivity contribution < 1.29 is 9.59 Å². The number of amides is 2. The Bertz CT molecular complexity index is 445. The number of H-pyrrole nitrogens is 1. The largest absolute Gasteiger partial charge is 0.357 e. The van der Waals surface area contributed by atoms with Gasteiger partial charge >= 0.3 is 0 Å². The topological polar surface area (TPSA) is 81.3 Å². The second-order valence-electron chi connectivity index (χ2n) is 4.61.